The fourth-order valence-corrected chi connectivity index (χ4v) is 2.59. The van der Waals surface area contributed by atoms with E-state index in [9.17, 15) is 4.79 Å². The maximum atomic E-state index is 12.7. The molecule has 19 heavy (non-hydrogen) atoms. The highest BCUT2D eigenvalue weighted by molar-refractivity contribution is 5.79. The third-order valence-electron chi connectivity index (χ3n) is 4.11. The van der Waals surface area contributed by atoms with Crippen molar-refractivity contribution in [2.45, 2.75) is 59.9 Å². The molecule has 1 rings (SSSR count). The molecule has 1 fully saturated rings. The van der Waals surface area contributed by atoms with Crippen molar-refractivity contribution in [1.82, 2.24) is 10.2 Å². The Morgan fingerprint density at radius 1 is 1.16 bits per heavy atom. The van der Waals surface area contributed by atoms with Crippen molar-refractivity contribution < 1.29 is 4.79 Å². The first-order valence-electron chi connectivity index (χ1n) is 7.94. The lowest BCUT2D eigenvalue weighted by Gasteiger charge is -2.28. The van der Waals surface area contributed by atoms with Crippen molar-refractivity contribution in [1.29, 1.82) is 0 Å². The summed E-state index contributed by atoms with van der Waals surface area (Å²) in [4.78, 5) is 14.8. The number of carbonyl (C=O) groups is 1. The normalized spacial score (nSPS) is 23.3. The molecule has 0 saturated carbocycles. The van der Waals surface area contributed by atoms with Crippen LogP contribution in [0.25, 0.3) is 0 Å². The van der Waals surface area contributed by atoms with Crippen LogP contribution in [0.5, 0.6) is 0 Å². The predicted octanol–water partition coefficient (Wildman–Crippen LogP) is 2.91. The van der Waals surface area contributed by atoms with E-state index in [-0.39, 0.29) is 5.92 Å². The van der Waals surface area contributed by atoms with E-state index in [4.69, 9.17) is 0 Å². The Balaban J connectivity index is 2.57. The summed E-state index contributed by atoms with van der Waals surface area (Å²) in [6, 6.07) is 0.341. The largest absolute Gasteiger partial charge is 0.342 e. The minimum atomic E-state index is 0.194. The first-order chi connectivity index (χ1) is 8.91. The molecule has 0 aromatic rings. The number of nitrogens with zero attached hydrogens (tertiary/aromatic N) is 1. The van der Waals surface area contributed by atoms with Gasteiger partial charge in [-0.1, -0.05) is 27.7 Å². The van der Waals surface area contributed by atoms with Crippen molar-refractivity contribution in [2.75, 3.05) is 19.6 Å². The van der Waals surface area contributed by atoms with Crippen molar-refractivity contribution in [3.8, 4) is 0 Å². The molecular weight excluding hydrogens is 236 g/mol. The van der Waals surface area contributed by atoms with Gasteiger partial charge in [0, 0.05) is 19.1 Å². The van der Waals surface area contributed by atoms with Gasteiger partial charge in [0.15, 0.2) is 0 Å². The maximum absolute atomic E-state index is 12.7. The van der Waals surface area contributed by atoms with Gasteiger partial charge < -0.3 is 10.2 Å². The molecule has 0 aromatic carbocycles. The smallest absolute Gasteiger partial charge is 0.227 e. The van der Waals surface area contributed by atoms with Gasteiger partial charge in [-0.25, -0.2) is 0 Å². The van der Waals surface area contributed by atoms with Gasteiger partial charge in [-0.15, -0.1) is 0 Å². The SMILES string of the molecule is CC(C)CCN(CCC(C)C)C(=O)C1CCNC1C. The lowest BCUT2D eigenvalue weighted by molar-refractivity contribution is -0.136. The molecule has 2 atom stereocenters. The standard InChI is InChI=1S/C16H32N2O/c1-12(2)7-10-18(11-8-13(3)4)16(19)15-6-9-17-14(15)5/h12-15,17H,6-11H2,1-5H3. The molecule has 0 aliphatic carbocycles. The van der Waals surface area contributed by atoms with E-state index in [0.717, 1.165) is 38.9 Å². The highest BCUT2D eigenvalue weighted by Crippen LogP contribution is 2.19. The van der Waals surface area contributed by atoms with Crippen LogP contribution in [0.1, 0.15) is 53.9 Å². The molecule has 1 aliphatic heterocycles. The van der Waals surface area contributed by atoms with Gasteiger partial charge in [-0.05, 0) is 44.6 Å². The van der Waals surface area contributed by atoms with Crippen LogP contribution in [0.4, 0.5) is 0 Å². The minimum absolute atomic E-state index is 0.194. The Bertz CT molecular complexity index is 264. The Kier molecular flexibility index (Phi) is 6.84. The van der Waals surface area contributed by atoms with Crippen LogP contribution in [-0.4, -0.2) is 36.5 Å². The first-order valence-corrected chi connectivity index (χ1v) is 7.94. The van der Waals surface area contributed by atoms with Crippen molar-refractivity contribution in [3.05, 3.63) is 0 Å². The van der Waals surface area contributed by atoms with E-state index in [1.54, 1.807) is 0 Å². The summed E-state index contributed by atoms with van der Waals surface area (Å²) < 4.78 is 0. The Hall–Kier alpha value is -0.570. The molecular formula is C16H32N2O. The van der Waals surface area contributed by atoms with Gasteiger partial charge >= 0.3 is 0 Å². The monoisotopic (exact) mass is 268 g/mol. The van der Waals surface area contributed by atoms with E-state index in [1.807, 2.05) is 0 Å². The van der Waals surface area contributed by atoms with E-state index in [1.165, 1.54) is 0 Å². The molecule has 0 aromatic heterocycles. The minimum Gasteiger partial charge on any atom is -0.342 e. The summed E-state index contributed by atoms with van der Waals surface area (Å²) in [5.41, 5.74) is 0. The quantitative estimate of drug-likeness (QED) is 0.770. The van der Waals surface area contributed by atoms with Crippen LogP contribution in [0.15, 0.2) is 0 Å². The summed E-state index contributed by atoms with van der Waals surface area (Å²) in [7, 11) is 0. The van der Waals surface area contributed by atoms with Crippen LogP contribution in [0.2, 0.25) is 0 Å². The number of hydrogen-bond donors (Lipinski definition) is 1. The highest BCUT2D eigenvalue weighted by Gasteiger charge is 2.32. The molecule has 112 valence electrons. The highest BCUT2D eigenvalue weighted by atomic mass is 16.2. The first kappa shape index (κ1) is 16.5. The second kappa shape index (κ2) is 7.88. The maximum Gasteiger partial charge on any atom is 0.227 e. The van der Waals surface area contributed by atoms with E-state index < -0.39 is 0 Å². The Morgan fingerprint density at radius 2 is 1.68 bits per heavy atom. The molecule has 0 radical (unpaired) electrons. The molecule has 0 spiro atoms. The second-order valence-electron chi connectivity index (χ2n) is 6.83. The van der Waals surface area contributed by atoms with Gasteiger partial charge in [0.05, 0.1) is 5.92 Å². The number of nitrogens with one attached hydrogen (secondary N) is 1. The van der Waals surface area contributed by atoms with E-state index in [0.29, 0.717) is 23.8 Å². The Morgan fingerprint density at radius 3 is 2.05 bits per heavy atom. The molecule has 1 N–H and O–H groups in total. The van der Waals surface area contributed by atoms with Gasteiger partial charge in [0.2, 0.25) is 5.91 Å². The van der Waals surface area contributed by atoms with Crippen molar-refractivity contribution >= 4 is 5.91 Å². The van der Waals surface area contributed by atoms with Crippen LogP contribution < -0.4 is 5.32 Å². The number of hydrogen-bond acceptors (Lipinski definition) is 2. The fourth-order valence-electron chi connectivity index (χ4n) is 2.59. The molecule has 0 bridgehead atoms. The third kappa shape index (κ3) is 5.52. The topological polar surface area (TPSA) is 32.3 Å². The van der Waals surface area contributed by atoms with Crippen molar-refractivity contribution in [3.63, 3.8) is 0 Å². The van der Waals surface area contributed by atoms with Gasteiger partial charge in [-0.3, -0.25) is 4.79 Å². The zero-order valence-corrected chi connectivity index (χ0v) is 13.4. The summed E-state index contributed by atoms with van der Waals surface area (Å²) in [5, 5.41) is 3.39. The summed E-state index contributed by atoms with van der Waals surface area (Å²) >= 11 is 0. The lowest BCUT2D eigenvalue weighted by Crippen LogP contribution is -2.41. The third-order valence-corrected chi connectivity index (χ3v) is 4.11. The number of amides is 1. The summed E-state index contributed by atoms with van der Waals surface area (Å²) in [5.74, 6) is 1.89. The lowest BCUT2D eigenvalue weighted by atomic mass is 9.99. The molecule has 3 heteroatoms. The molecule has 1 saturated heterocycles. The number of rotatable bonds is 7. The Labute approximate surface area is 119 Å². The van der Waals surface area contributed by atoms with Crippen molar-refractivity contribution in [2.24, 2.45) is 17.8 Å². The number of carbonyl (C=O) groups excluding carboxylic acids is 1. The van der Waals surface area contributed by atoms with Gasteiger partial charge in [-0.2, -0.15) is 0 Å². The average Bonchev–Trinajstić information content (AvgIpc) is 2.74. The summed E-state index contributed by atoms with van der Waals surface area (Å²) in [6.07, 6.45) is 3.22. The van der Waals surface area contributed by atoms with E-state index in [2.05, 4.69) is 44.8 Å². The van der Waals surface area contributed by atoms with Gasteiger partial charge in [0.1, 0.15) is 0 Å². The molecule has 3 nitrogen and oxygen atoms in total. The summed E-state index contributed by atoms with van der Waals surface area (Å²) in [6.45, 7) is 13.9. The van der Waals surface area contributed by atoms with Crippen LogP contribution in [0, 0.1) is 17.8 Å². The van der Waals surface area contributed by atoms with Crippen LogP contribution in [-0.2, 0) is 4.79 Å². The van der Waals surface area contributed by atoms with Crippen LogP contribution >= 0.6 is 0 Å². The molecule has 1 amide bonds. The molecule has 1 heterocycles. The second-order valence-corrected chi connectivity index (χ2v) is 6.83. The molecule has 2 unspecified atom stereocenters. The van der Waals surface area contributed by atoms with Crippen LogP contribution in [0.3, 0.4) is 0 Å². The fraction of sp³-hybridized carbons (Fsp3) is 0.938. The zero-order valence-electron chi connectivity index (χ0n) is 13.4. The zero-order chi connectivity index (χ0) is 14.4. The van der Waals surface area contributed by atoms with E-state index >= 15 is 0 Å². The molecule has 1 aliphatic rings. The average molecular weight is 268 g/mol. The predicted molar refractivity (Wildman–Crippen MR) is 81.1 cm³/mol. The van der Waals surface area contributed by atoms with Gasteiger partial charge in [0.25, 0.3) is 0 Å².